The standard InChI is InChI=1S/C28H23FN4O2/c1-16-9-4-5-12-19(16)24-22-25(31(2)28(35)32(3)27(22)34)26-23(17-10-8-11-18(29)15-17)30-20-13-6-7-14-21(20)33(24)26/h4-15,23,30H,1-3H3/t23-/m1/s1. The predicted octanol–water partition coefficient (Wildman–Crippen LogP) is 4.66. The molecule has 7 heteroatoms. The van der Waals surface area contributed by atoms with Crippen molar-refractivity contribution in [1.29, 1.82) is 0 Å². The van der Waals surface area contributed by atoms with Gasteiger partial charge in [0.1, 0.15) is 5.82 Å². The molecule has 2 aromatic heterocycles. The lowest BCUT2D eigenvalue weighted by molar-refractivity contribution is 0.623. The first kappa shape index (κ1) is 21.2. The number of hydrogen-bond acceptors (Lipinski definition) is 3. The summed E-state index contributed by atoms with van der Waals surface area (Å²) in [6, 6.07) is 21.6. The second kappa shape index (κ2) is 7.56. The summed E-state index contributed by atoms with van der Waals surface area (Å²) in [6.07, 6.45) is 0. The molecule has 0 fully saturated rings. The van der Waals surface area contributed by atoms with Gasteiger partial charge < -0.3 is 9.88 Å². The molecule has 6 rings (SSSR count). The van der Waals surface area contributed by atoms with Gasteiger partial charge in [-0.1, -0.05) is 48.5 Å². The highest BCUT2D eigenvalue weighted by molar-refractivity contribution is 5.99. The van der Waals surface area contributed by atoms with Crippen molar-refractivity contribution in [3.63, 3.8) is 0 Å². The number of para-hydroxylation sites is 2. The maximum Gasteiger partial charge on any atom is 0.331 e. The van der Waals surface area contributed by atoms with Gasteiger partial charge in [0.05, 0.1) is 39.7 Å². The number of hydrogen-bond donors (Lipinski definition) is 1. The molecular formula is C28H23FN4O2. The van der Waals surface area contributed by atoms with E-state index in [1.165, 1.54) is 23.7 Å². The van der Waals surface area contributed by atoms with Crippen LogP contribution in [0.15, 0.2) is 82.4 Å². The second-order valence-corrected chi connectivity index (χ2v) is 8.96. The van der Waals surface area contributed by atoms with Crippen LogP contribution in [0.2, 0.25) is 0 Å². The molecule has 0 spiro atoms. The third-order valence-corrected chi connectivity index (χ3v) is 6.91. The van der Waals surface area contributed by atoms with Crippen LogP contribution < -0.4 is 16.6 Å². The van der Waals surface area contributed by atoms with Gasteiger partial charge in [0.25, 0.3) is 5.56 Å². The van der Waals surface area contributed by atoms with Gasteiger partial charge in [0.2, 0.25) is 0 Å². The maximum atomic E-state index is 14.3. The minimum atomic E-state index is -0.487. The van der Waals surface area contributed by atoms with Crippen molar-refractivity contribution in [2.45, 2.75) is 13.0 Å². The van der Waals surface area contributed by atoms with E-state index >= 15 is 0 Å². The van der Waals surface area contributed by atoms with Gasteiger partial charge in [0, 0.05) is 19.7 Å². The molecule has 1 aliphatic rings. The van der Waals surface area contributed by atoms with E-state index in [0.717, 1.165) is 38.5 Å². The Labute approximate surface area is 200 Å². The number of rotatable bonds is 2. The van der Waals surface area contributed by atoms with Crippen LogP contribution in [0.5, 0.6) is 0 Å². The lowest BCUT2D eigenvalue weighted by Gasteiger charge is -2.31. The van der Waals surface area contributed by atoms with E-state index in [9.17, 15) is 14.0 Å². The van der Waals surface area contributed by atoms with Gasteiger partial charge in [-0.15, -0.1) is 0 Å². The van der Waals surface area contributed by atoms with E-state index in [1.807, 2.05) is 61.5 Å². The van der Waals surface area contributed by atoms with Crippen LogP contribution in [0, 0.1) is 12.7 Å². The molecule has 3 heterocycles. The maximum absolute atomic E-state index is 14.3. The van der Waals surface area contributed by atoms with Crippen LogP contribution >= 0.6 is 0 Å². The van der Waals surface area contributed by atoms with Crippen molar-refractivity contribution in [1.82, 2.24) is 13.7 Å². The Hall–Kier alpha value is -4.39. The zero-order valence-electron chi connectivity index (χ0n) is 19.5. The molecule has 0 bridgehead atoms. The Morgan fingerprint density at radius 3 is 2.40 bits per heavy atom. The number of anilines is 1. The number of aromatic nitrogens is 3. The average molecular weight is 467 g/mol. The predicted molar refractivity (Wildman–Crippen MR) is 136 cm³/mol. The van der Waals surface area contributed by atoms with Crippen LogP contribution in [-0.4, -0.2) is 13.7 Å². The largest absolute Gasteiger partial charge is 0.371 e. The van der Waals surface area contributed by atoms with Crippen LogP contribution in [0.3, 0.4) is 0 Å². The summed E-state index contributed by atoms with van der Waals surface area (Å²) in [5, 5.41) is 3.99. The summed E-state index contributed by atoms with van der Waals surface area (Å²) in [6.45, 7) is 2.00. The lowest BCUT2D eigenvalue weighted by Crippen LogP contribution is -2.37. The summed E-state index contributed by atoms with van der Waals surface area (Å²) >= 11 is 0. The van der Waals surface area contributed by atoms with E-state index in [4.69, 9.17) is 0 Å². The molecule has 1 atom stereocenters. The van der Waals surface area contributed by atoms with Gasteiger partial charge in [-0.25, -0.2) is 9.18 Å². The fourth-order valence-electron chi connectivity index (χ4n) is 5.25. The molecule has 0 unspecified atom stereocenters. The molecular weight excluding hydrogens is 443 g/mol. The lowest BCUT2D eigenvalue weighted by atomic mass is 9.99. The van der Waals surface area contributed by atoms with E-state index in [2.05, 4.69) is 9.88 Å². The number of halogens is 1. The molecule has 35 heavy (non-hydrogen) atoms. The minimum Gasteiger partial charge on any atom is -0.371 e. The summed E-state index contributed by atoms with van der Waals surface area (Å²) in [5.41, 5.74) is 5.52. The summed E-state index contributed by atoms with van der Waals surface area (Å²) in [7, 11) is 3.17. The van der Waals surface area contributed by atoms with Crippen LogP contribution in [0.25, 0.3) is 27.8 Å². The van der Waals surface area contributed by atoms with E-state index < -0.39 is 11.7 Å². The van der Waals surface area contributed by atoms with Gasteiger partial charge in [-0.05, 0) is 42.3 Å². The van der Waals surface area contributed by atoms with Gasteiger partial charge in [-0.2, -0.15) is 0 Å². The Morgan fingerprint density at radius 2 is 1.63 bits per heavy atom. The third-order valence-electron chi connectivity index (χ3n) is 6.91. The fraction of sp³-hybridized carbons (Fsp3) is 0.143. The Balaban J connectivity index is 1.89. The van der Waals surface area contributed by atoms with Crippen molar-refractivity contribution in [2.75, 3.05) is 5.32 Å². The fourth-order valence-corrected chi connectivity index (χ4v) is 5.25. The molecule has 0 aliphatic carbocycles. The molecule has 0 saturated carbocycles. The van der Waals surface area contributed by atoms with Crippen molar-refractivity contribution >= 4 is 16.6 Å². The number of fused-ring (bicyclic) bond motifs is 5. The summed E-state index contributed by atoms with van der Waals surface area (Å²) < 4.78 is 19.1. The Kier molecular flexibility index (Phi) is 4.57. The Bertz CT molecular complexity index is 1780. The highest BCUT2D eigenvalue weighted by Crippen LogP contribution is 2.45. The zero-order valence-corrected chi connectivity index (χ0v) is 19.5. The van der Waals surface area contributed by atoms with Crippen LogP contribution in [0.4, 0.5) is 10.1 Å². The first-order chi connectivity index (χ1) is 16.9. The van der Waals surface area contributed by atoms with Crippen LogP contribution in [-0.2, 0) is 14.1 Å². The average Bonchev–Trinajstić information content (AvgIpc) is 3.22. The quantitative estimate of drug-likeness (QED) is 0.412. The molecule has 3 aromatic carbocycles. The van der Waals surface area contributed by atoms with Crippen molar-refractivity contribution in [3.05, 3.63) is 116 Å². The molecule has 6 nitrogen and oxygen atoms in total. The zero-order chi connectivity index (χ0) is 24.4. The van der Waals surface area contributed by atoms with E-state index in [0.29, 0.717) is 16.5 Å². The number of nitrogens with one attached hydrogen (secondary N) is 1. The third kappa shape index (κ3) is 2.94. The molecule has 0 radical (unpaired) electrons. The molecule has 1 N–H and O–H groups in total. The minimum absolute atomic E-state index is 0.352. The topological polar surface area (TPSA) is 61.0 Å². The molecule has 0 saturated heterocycles. The summed E-state index contributed by atoms with van der Waals surface area (Å²) in [5.74, 6) is -0.352. The van der Waals surface area contributed by atoms with Crippen molar-refractivity contribution in [3.8, 4) is 16.9 Å². The normalized spacial score (nSPS) is 14.5. The van der Waals surface area contributed by atoms with E-state index in [1.54, 1.807) is 13.1 Å². The smallest absolute Gasteiger partial charge is 0.331 e. The number of benzene rings is 3. The molecule has 1 aliphatic heterocycles. The summed E-state index contributed by atoms with van der Waals surface area (Å²) in [4.78, 5) is 26.8. The molecule has 5 aromatic rings. The monoisotopic (exact) mass is 466 g/mol. The van der Waals surface area contributed by atoms with Gasteiger partial charge in [0.15, 0.2) is 0 Å². The highest BCUT2D eigenvalue weighted by atomic mass is 19.1. The highest BCUT2D eigenvalue weighted by Gasteiger charge is 2.35. The van der Waals surface area contributed by atoms with E-state index in [-0.39, 0.29) is 11.4 Å². The van der Waals surface area contributed by atoms with Crippen LogP contribution in [0.1, 0.15) is 22.9 Å². The SMILES string of the molecule is Cc1ccccc1-c1c2c(=O)n(C)c(=O)n(C)c2c2n1-c1ccccc1N[C@@H]2c1cccc(F)c1. The van der Waals surface area contributed by atoms with Gasteiger partial charge in [-0.3, -0.25) is 13.9 Å². The van der Waals surface area contributed by atoms with Crippen molar-refractivity contribution < 1.29 is 4.39 Å². The second-order valence-electron chi connectivity index (χ2n) is 8.96. The molecule has 174 valence electrons. The molecule has 0 amide bonds. The first-order valence-corrected chi connectivity index (χ1v) is 11.4. The number of aryl methyl sites for hydroxylation is 2. The number of nitrogens with zero attached hydrogens (tertiary/aromatic N) is 3. The Morgan fingerprint density at radius 1 is 0.886 bits per heavy atom. The van der Waals surface area contributed by atoms with Gasteiger partial charge >= 0.3 is 5.69 Å². The van der Waals surface area contributed by atoms with Crippen molar-refractivity contribution in [2.24, 2.45) is 14.1 Å². The first-order valence-electron chi connectivity index (χ1n) is 11.4.